The molecule has 0 fully saturated rings. The molecule has 0 saturated carbocycles. The van der Waals surface area contributed by atoms with E-state index in [1.54, 1.807) is 39.5 Å². The number of ether oxygens (including phenoxy) is 4. The number of carbonyl (C=O) groups excluding carboxylic acids is 1. The van der Waals surface area contributed by atoms with Gasteiger partial charge >= 0.3 is 5.97 Å². The van der Waals surface area contributed by atoms with Gasteiger partial charge in [0, 0.05) is 11.6 Å². The van der Waals surface area contributed by atoms with E-state index in [0.717, 1.165) is 18.4 Å². The van der Waals surface area contributed by atoms with Crippen molar-refractivity contribution in [3.8, 4) is 17.2 Å². The van der Waals surface area contributed by atoms with Crippen LogP contribution >= 0.6 is 0 Å². The number of carbonyl (C=O) groups is 1. The molecule has 0 radical (unpaired) electrons. The molecular weight excluding hydrogens is 320 g/mol. The lowest BCUT2D eigenvalue weighted by atomic mass is 10.1. The van der Waals surface area contributed by atoms with Gasteiger partial charge in [-0.1, -0.05) is 39.0 Å². The predicted octanol–water partition coefficient (Wildman–Crippen LogP) is 4.63. The molecule has 0 saturated heterocycles. The van der Waals surface area contributed by atoms with Crippen LogP contribution in [-0.4, -0.2) is 33.9 Å². The van der Waals surface area contributed by atoms with Gasteiger partial charge in [0.1, 0.15) is 0 Å². The zero-order chi connectivity index (χ0) is 18.5. The quantitative estimate of drug-likeness (QED) is 0.312. The molecule has 25 heavy (non-hydrogen) atoms. The number of hydrogen-bond donors (Lipinski definition) is 0. The Labute approximate surface area is 150 Å². The van der Waals surface area contributed by atoms with E-state index < -0.39 is 0 Å². The van der Waals surface area contributed by atoms with Crippen molar-refractivity contribution in [2.24, 2.45) is 0 Å². The summed E-state index contributed by atoms with van der Waals surface area (Å²) in [6, 6.07) is 3.57. The number of rotatable bonds is 12. The molecule has 5 nitrogen and oxygen atoms in total. The average Bonchev–Trinajstić information content (AvgIpc) is 2.64. The highest BCUT2D eigenvalue weighted by molar-refractivity contribution is 5.88. The van der Waals surface area contributed by atoms with Gasteiger partial charge in [0.2, 0.25) is 5.75 Å². The Morgan fingerprint density at radius 1 is 0.920 bits per heavy atom. The monoisotopic (exact) mass is 350 g/mol. The molecule has 0 N–H and O–H groups in total. The first-order chi connectivity index (χ1) is 12.2. The molecule has 0 aliphatic heterocycles. The third-order valence-electron chi connectivity index (χ3n) is 3.88. The van der Waals surface area contributed by atoms with E-state index >= 15 is 0 Å². The lowest BCUT2D eigenvalue weighted by Gasteiger charge is -2.13. The van der Waals surface area contributed by atoms with Crippen LogP contribution in [0.2, 0.25) is 0 Å². The summed E-state index contributed by atoms with van der Waals surface area (Å²) >= 11 is 0. The molecule has 0 atom stereocenters. The number of benzene rings is 1. The van der Waals surface area contributed by atoms with Crippen LogP contribution in [-0.2, 0) is 9.53 Å². The van der Waals surface area contributed by atoms with Crippen molar-refractivity contribution < 1.29 is 23.7 Å². The molecular formula is C20H30O5. The molecule has 140 valence electrons. The summed E-state index contributed by atoms with van der Waals surface area (Å²) in [5.41, 5.74) is 0.719. The maximum Gasteiger partial charge on any atom is 0.330 e. The van der Waals surface area contributed by atoms with E-state index in [2.05, 4.69) is 6.92 Å². The Morgan fingerprint density at radius 3 is 2.24 bits per heavy atom. The Morgan fingerprint density at radius 2 is 1.60 bits per heavy atom. The first-order valence-electron chi connectivity index (χ1n) is 8.81. The van der Waals surface area contributed by atoms with Gasteiger partial charge in [-0.15, -0.1) is 0 Å². The van der Waals surface area contributed by atoms with Crippen molar-refractivity contribution in [1.82, 2.24) is 0 Å². The highest BCUT2D eigenvalue weighted by atomic mass is 16.5. The van der Waals surface area contributed by atoms with Crippen molar-refractivity contribution in [1.29, 1.82) is 0 Å². The molecule has 0 aliphatic carbocycles. The SMILES string of the molecule is CCCCCCCCOC(=O)C=Cc1ccc(OC)c(OC)c1OC. The van der Waals surface area contributed by atoms with Crippen LogP contribution < -0.4 is 14.2 Å². The fourth-order valence-corrected chi connectivity index (χ4v) is 2.52. The minimum atomic E-state index is -0.356. The highest BCUT2D eigenvalue weighted by Gasteiger charge is 2.14. The molecule has 0 amide bonds. The van der Waals surface area contributed by atoms with Crippen LogP contribution in [0.25, 0.3) is 6.08 Å². The summed E-state index contributed by atoms with van der Waals surface area (Å²) < 4.78 is 21.2. The summed E-state index contributed by atoms with van der Waals surface area (Å²) in [7, 11) is 4.65. The Hall–Kier alpha value is -2.17. The van der Waals surface area contributed by atoms with Crippen LogP contribution in [0.4, 0.5) is 0 Å². The first-order valence-corrected chi connectivity index (χ1v) is 8.81. The van der Waals surface area contributed by atoms with Crippen molar-refractivity contribution in [3.63, 3.8) is 0 Å². The molecule has 0 unspecified atom stereocenters. The molecule has 1 rings (SSSR count). The van der Waals surface area contributed by atoms with Crippen LogP contribution in [0.3, 0.4) is 0 Å². The van der Waals surface area contributed by atoms with Crippen molar-refractivity contribution >= 4 is 12.0 Å². The van der Waals surface area contributed by atoms with Crippen LogP contribution in [0.1, 0.15) is 51.0 Å². The van der Waals surface area contributed by atoms with E-state index in [1.165, 1.54) is 31.8 Å². The van der Waals surface area contributed by atoms with Gasteiger partial charge in [-0.3, -0.25) is 0 Å². The summed E-state index contributed by atoms with van der Waals surface area (Å²) in [6.07, 6.45) is 10.0. The minimum Gasteiger partial charge on any atom is -0.493 e. The molecule has 0 aliphatic rings. The predicted molar refractivity (Wildman–Crippen MR) is 99.5 cm³/mol. The standard InChI is InChI=1S/C20H30O5/c1-5-6-7-8-9-10-15-25-18(21)14-12-16-11-13-17(22-2)20(24-4)19(16)23-3/h11-14H,5-10,15H2,1-4H3. The summed E-state index contributed by atoms with van der Waals surface area (Å²) in [4.78, 5) is 11.8. The molecule has 1 aromatic carbocycles. The van der Waals surface area contributed by atoms with E-state index in [-0.39, 0.29) is 5.97 Å². The molecule has 1 aromatic rings. The van der Waals surface area contributed by atoms with Crippen molar-refractivity contribution in [2.75, 3.05) is 27.9 Å². The Kier molecular flexibility index (Phi) is 10.2. The van der Waals surface area contributed by atoms with E-state index in [1.807, 2.05) is 0 Å². The maximum absolute atomic E-state index is 11.8. The first kappa shape index (κ1) is 20.9. The van der Waals surface area contributed by atoms with Gasteiger partial charge in [-0.05, 0) is 24.6 Å². The van der Waals surface area contributed by atoms with Gasteiger partial charge in [-0.25, -0.2) is 4.79 Å². The van der Waals surface area contributed by atoms with Crippen molar-refractivity contribution in [3.05, 3.63) is 23.8 Å². The maximum atomic E-state index is 11.8. The molecule has 0 spiro atoms. The lowest BCUT2D eigenvalue weighted by Crippen LogP contribution is -2.02. The Balaban J connectivity index is 2.53. The summed E-state index contributed by atoms with van der Waals surface area (Å²) in [6.45, 7) is 2.65. The van der Waals surface area contributed by atoms with Gasteiger partial charge in [0.05, 0.1) is 27.9 Å². The van der Waals surface area contributed by atoms with Gasteiger partial charge in [-0.2, -0.15) is 0 Å². The largest absolute Gasteiger partial charge is 0.493 e. The number of methoxy groups -OCH3 is 3. The lowest BCUT2D eigenvalue weighted by molar-refractivity contribution is -0.137. The average molecular weight is 350 g/mol. The summed E-state index contributed by atoms with van der Waals surface area (Å²) in [5.74, 6) is 1.22. The van der Waals surface area contributed by atoms with Crippen LogP contribution in [0, 0.1) is 0 Å². The highest BCUT2D eigenvalue weighted by Crippen LogP contribution is 2.40. The topological polar surface area (TPSA) is 54.0 Å². The third-order valence-corrected chi connectivity index (χ3v) is 3.88. The molecule has 0 aromatic heterocycles. The number of unbranched alkanes of at least 4 members (excludes halogenated alkanes) is 5. The van der Waals surface area contributed by atoms with E-state index in [9.17, 15) is 4.79 Å². The fraction of sp³-hybridized carbons (Fsp3) is 0.550. The Bertz CT molecular complexity index is 551. The second kappa shape index (κ2) is 12.2. The van der Waals surface area contributed by atoms with Gasteiger partial charge in [0.25, 0.3) is 0 Å². The second-order valence-corrected chi connectivity index (χ2v) is 5.69. The molecule has 5 heteroatoms. The van der Waals surface area contributed by atoms with Crippen molar-refractivity contribution in [2.45, 2.75) is 45.4 Å². The zero-order valence-electron chi connectivity index (χ0n) is 15.8. The van der Waals surface area contributed by atoms with Crippen LogP contribution in [0.15, 0.2) is 18.2 Å². The number of esters is 1. The van der Waals surface area contributed by atoms with E-state index in [4.69, 9.17) is 18.9 Å². The summed E-state index contributed by atoms with van der Waals surface area (Å²) in [5, 5.41) is 0. The second-order valence-electron chi connectivity index (χ2n) is 5.69. The fourth-order valence-electron chi connectivity index (χ4n) is 2.52. The third kappa shape index (κ3) is 7.08. The van der Waals surface area contributed by atoms with Crippen LogP contribution in [0.5, 0.6) is 17.2 Å². The normalized spacial score (nSPS) is 10.7. The number of hydrogen-bond acceptors (Lipinski definition) is 5. The van der Waals surface area contributed by atoms with E-state index in [0.29, 0.717) is 23.9 Å². The van der Waals surface area contributed by atoms with Gasteiger partial charge in [0.15, 0.2) is 11.5 Å². The smallest absolute Gasteiger partial charge is 0.330 e. The minimum absolute atomic E-state index is 0.356. The van der Waals surface area contributed by atoms with Gasteiger partial charge < -0.3 is 18.9 Å². The molecule has 0 heterocycles. The molecule has 0 bridgehead atoms. The zero-order valence-corrected chi connectivity index (χ0v) is 15.8.